The van der Waals surface area contributed by atoms with Crippen LogP contribution in [0.4, 0.5) is 0 Å². The first-order chi connectivity index (χ1) is 13.5. The Labute approximate surface area is 170 Å². The molecule has 0 aliphatic heterocycles. The van der Waals surface area contributed by atoms with E-state index >= 15 is 0 Å². The van der Waals surface area contributed by atoms with Gasteiger partial charge in [0.25, 0.3) is 0 Å². The molecule has 4 saturated carbocycles. The third-order valence-corrected chi connectivity index (χ3v) is 7.38. The molecule has 4 aliphatic rings. The topological polar surface area (TPSA) is 29.5 Å². The number of hydrogen-bond acceptors (Lipinski definition) is 2. The zero-order valence-electron chi connectivity index (χ0n) is 17.6. The van der Waals surface area contributed by atoms with Crippen LogP contribution in [0, 0.1) is 17.8 Å². The number of hydrogen-bond donors (Lipinski definition) is 1. The van der Waals surface area contributed by atoms with Gasteiger partial charge in [-0.2, -0.15) is 0 Å². The third kappa shape index (κ3) is 3.72. The molecule has 1 N–H and O–H groups in total. The number of rotatable bonds is 6. The molecule has 4 fully saturated rings. The lowest BCUT2D eigenvalue weighted by Gasteiger charge is -2.57. The van der Waals surface area contributed by atoms with Crippen LogP contribution in [0.2, 0.25) is 0 Å². The van der Waals surface area contributed by atoms with Crippen molar-refractivity contribution in [1.29, 1.82) is 0 Å². The lowest BCUT2D eigenvalue weighted by atomic mass is 9.48. The Hall–Kier alpha value is -1.80. The first-order valence-corrected chi connectivity index (χ1v) is 10.8. The van der Waals surface area contributed by atoms with Crippen molar-refractivity contribution >= 4 is 5.57 Å². The van der Waals surface area contributed by atoms with Gasteiger partial charge >= 0.3 is 0 Å². The van der Waals surface area contributed by atoms with Gasteiger partial charge in [0.05, 0.1) is 13.7 Å². The Kier molecular flexibility index (Phi) is 5.51. The molecule has 1 aromatic rings. The number of methoxy groups -OCH3 is 1. The maximum Gasteiger partial charge on any atom is 0.122 e. The van der Waals surface area contributed by atoms with Crippen LogP contribution in [0.15, 0.2) is 48.1 Å². The van der Waals surface area contributed by atoms with Crippen LogP contribution in [0.25, 0.3) is 5.57 Å². The largest absolute Gasteiger partial charge is 0.496 e. The van der Waals surface area contributed by atoms with E-state index in [0.717, 1.165) is 29.1 Å². The molecule has 4 bridgehead atoms. The highest BCUT2D eigenvalue weighted by atomic mass is 16.5. The standard InChI is InChI=1S/C26H34O2/c1-18(9-10-27)5-4-6-19(2)23-7-8-25(28-3)24(14-23)26-15-20-11-21(16-26)13-22(12-20)17-26/h4-9,14,20-22,27H,10-13,15-17H2,1-3H3/b5-4+,18-9+,19-6+. The maximum atomic E-state index is 8.98. The fourth-order valence-electron chi connectivity index (χ4n) is 6.46. The Bertz CT molecular complexity index is 776. The van der Waals surface area contributed by atoms with Gasteiger partial charge in [0.1, 0.15) is 5.75 Å². The first kappa shape index (κ1) is 19.5. The molecule has 4 aliphatic carbocycles. The van der Waals surface area contributed by atoms with Gasteiger partial charge in [-0.1, -0.05) is 35.9 Å². The van der Waals surface area contributed by atoms with E-state index in [9.17, 15) is 0 Å². The summed E-state index contributed by atoms with van der Waals surface area (Å²) in [4.78, 5) is 0. The van der Waals surface area contributed by atoms with Gasteiger partial charge < -0.3 is 9.84 Å². The average molecular weight is 379 g/mol. The molecule has 0 aromatic heterocycles. The highest BCUT2D eigenvalue weighted by Crippen LogP contribution is 2.62. The van der Waals surface area contributed by atoms with E-state index in [2.05, 4.69) is 37.3 Å². The van der Waals surface area contributed by atoms with Crippen LogP contribution in [-0.2, 0) is 5.41 Å². The molecular formula is C26H34O2. The smallest absolute Gasteiger partial charge is 0.122 e. The van der Waals surface area contributed by atoms with Gasteiger partial charge in [-0.05, 0) is 98.8 Å². The number of allylic oxidation sites excluding steroid dienone is 5. The van der Waals surface area contributed by atoms with Gasteiger partial charge in [0, 0.05) is 5.56 Å². The van der Waals surface area contributed by atoms with Crippen molar-refractivity contribution in [2.24, 2.45) is 17.8 Å². The van der Waals surface area contributed by atoms with Crippen LogP contribution < -0.4 is 4.74 Å². The summed E-state index contributed by atoms with van der Waals surface area (Å²) in [5, 5.41) is 8.98. The van der Waals surface area contributed by atoms with Crippen molar-refractivity contribution in [1.82, 2.24) is 0 Å². The van der Waals surface area contributed by atoms with E-state index in [4.69, 9.17) is 9.84 Å². The average Bonchev–Trinajstić information content (AvgIpc) is 2.66. The molecule has 0 saturated heterocycles. The Morgan fingerprint density at radius 1 is 1.11 bits per heavy atom. The fraction of sp³-hybridized carbons (Fsp3) is 0.538. The molecule has 1 aromatic carbocycles. The molecule has 5 rings (SSSR count). The molecule has 150 valence electrons. The molecule has 2 heteroatoms. The van der Waals surface area contributed by atoms with Gasteiger partial charge in [0.2, 0.25) is 0 Å². The molecule has 0 unspecified atom stereocenters. The van der Waals surface area contributed by atoms with E-state index in [0.29, 0.717) is 5.41 Å². The monoisotopic (exact) mass is 378 g/mol. The van der Waals surface area contributed by atoms with Gasteiger partial charge in [-0.15, -0.1) is 0 Å². The first-order valence-electron chi connectivity index (χ1n) is 10.8. The lowest BCUT2D eigenvalue weighted by molar-refractivity contribution is -0.00616. The van der Waals surface area contributed by atoms with Crippen molar-refractivity contribution in [3.63, 3.8) is 0 Å². The lowest BCUT2D eigenvalue weighted by Crippen LogP contribution is -2.48. The van der Waals surface area contributed by atoms with E-state index in [1.165, 1.54) is 55.2 Å². The van der Waals surface area contributed by atoms with E-state index < -0.39 is 0 Å². The Morgan fingerprint density at radius 3 is 2.32 bits per heavy atom. The number of aliphatic hydroxyl groups excluding tert-OH is 1. The number of aliphatic hydroxyl groups is 1. The molecule has 28 heavy (non-hydrogen) atoms. The van der Waals surface area contributed by atoms with Crippen molar-refractivity contribution in [2.45, 2.75) is 57.8 Å². The van der Waals surface area contributed by atoms with E-state index in [1.54, 1.807) is 0 Å². The van der Waals surface area contributed by atoms with Crippen molar-refractivity contribution in [3.8, 4) is 5.75 Å². The molecule has 0 radical (unpaired) electrons. The summed E-state index contributed by atoms with van der Waals surface area (Å²) in [6.07, 6.45) is 16.6. The zero-order chi connectivity index (χ0) is 19.7. The highest BCUT2D eigenvalue weighted by Gasteiger charge is 2.52. The van der Waals surface area contributed by atoms with E-state index in [1.807, 2.05) is 26.2 Å². The molecule has 0 heterocycles. The Balaban J connectivity index is 1.65. The maximum absolute atomic E-state index is 8.98. The minimum absolute atomic E-state index is 0.0891. The van der Waals surface area contributed by atoms with E-state index in [-0.39, 0.29) is 6.61 Å². The summed E-state index contributed by atoms with van der Waals surface area (Å²) < 4.78 is 5.84. The minimum Gasteiger partial charge on any atom is -0.496 e. The summed E-state index contributed by atoms with van der Waals surface area (Å²) in [7, 11) is 1.82. The predicted octanol–water partition coefficient (Wildman–Crippen LogP) is 6.06. The van der Waals surface area contributed by atoms with Gasteiger partial charge in [-0.25, -0.2) is 0 Å². The summed E-state index contributed by atoms with van der Waals surface area (Å²) in [5.41, 5.74) is 5.43. The molecule has 0 atom stereocenters. The molecule has 0 amide bonds. The quantitative estimate of drug-likeness (QED) is 0.610. The molecule has 2 nitrogen and oxygen atoms in total. The van der Waals surface area contributed by atoms with Crippen LogP contribution in [0.1, 0.15) is 63.5 Å². The second-order valence-electron chi connectivity index (χ2n) is 9.45. The minimum atomic E-state index is 0.0891. The van der Waals surface area contributed by atoms with Crippen LogP contribution in [0.5, 0.6) is 5.75 Å². The zero-order valence-corrected chi connectivity index (χ0v) is 17.6. The SMILES string of the molecule is COc1ccc(/C(C)=C/C=C/C(C)=C/CO)cc1C12CC3CC(CC(C3)C1)C2. The van der Waals surface area contributed by atoms with Crippen LogP contribution in [-0.4, -0.2) is 18.8 Å². The number of benzene rings is 1. The fourth-order valence-corrected chi connectivity index (χ4v) is 6.46. The normalized spacial score (nSPS) is 32.4. The van der Waals surface area contributed by atoms with Crippen molar-refractivity contribution < 1.29 is 9.84 Å². The van der Waals surface area contributed by atoms with Gasteiger partial charge in [0.15, 0.2) is 0 Å². The van der Waals surface area contributed by atoms with Crippen molar-refractivity contribution in [3.05, 3.63) is 59.2 Å². The van der Waals surface area contributed by atoms with Crippen LogP contribution in [0.3, 0.4) is 0 Å². The van der Waals surface area contributed by atoms with Gasteiger partial charge in [-0.3, -0.25) is 0 Å². The summed E-state index contributed by atoms with van der Waals surface area (Å²) in [6.45, 7) is 4.28. The third-order valence-electron chi connectivity index (χ3n) is 7.38. The number of ether oxygens (including phenoxy) is 1. The highest BCUT2D eigenvalue weighted by molar-refractivity contribution is 5.67. The summed E-state index contributed by atoms with van der Waals surface area (Å²) in [5.74, 6) is 3.87. The summed E-state index contributed by atoms with van der Waals surface area (Å²) >= 11 is 0. The van der Waals surface area contributed by atoms with Crippen LogP contribution >= 0.6 is 0 Å². The Morgan fingerprint density at radius 2 is 1.75 bits per heavy atom. The molecular weight excluding hydrogens is 344 g/mol. The second-order valence-corrected chi connectivity index (χ2v) is 9.45. The second kappa shape index (κ2) is 7.91. The summed E-state index contributed by atoms with van der Waals surface area (Å²) in [6, 6.07) is 6.79. The van der Waals surface area contributed by atoms with Crippen molar-refractivity contribution in [2.75, 3.05) is 13.7 Å². The molecule has 0 spiro atoms. The predicted molar refractivity (Wildman–Crippen MR) is 116 cm³/mol.